The molecule has 1 heterocycles. The van der Waals surface area contributed by atoms with Crippen molar-refractivity contribution in [1.82, 2.24) is 4.57 Å². The summed E-state index contributed by atoms with van der Waals surface area (Å²) in [5.41, 5.74) is 3.68. The van der Waals surface area contributed by atoms with Crippen molar-refractivity contribution < 1.29 is 9.84 Å². The highest BCUT2D eigenvalue weighted by Gasteiger charge is 2.12. The number of aromatic nitrogens is 1. The van der Waals surface area contributed by atoms with E-state index < -0.39 is 0 Å². The number of fused-ring (bicyclic) bond motifs is 1. The molecular weight excluding hydrogens is 214 g/mol. The normalized spacial score (nSPS) is 11.1. The topological polar surface area (TPSA) is 34.4 Å². The summed E-state index contributed by atoms with van der Waals surface area (Å²) < 4.78 is 7.52. The Morgan fingerprint density at radius 1 is 1.35 bits per heavy atom. The zero-order valence-electron chi connectivity index (χ0n) is 10.7. The zero-order chi connectivity index (χ0) is 12.4. The molecule has 0 amide bonds. The maximum atomic E-state index is 8.95. The third-order valence-corrected chi connectivity index (χ3v) is 3.20. The third kappa shape index (κ3) is 2.03. The maximum Gasteiger partial charge on any atom is 0.143 e. The van der Waals surface area contributed by atoms with Crippen LogP contribution < -0.4 is 4.74 Å². The van der Waals surface area contributed by atoms with Crippen molar-refractivity contribution in [2.75, 3.05) is 13.7 Å². The average Bonchev–Trinajstić information content (AvgIpc) is 2.66. The number of benzene rings is 1. The summed E-state index contributed by atoms with van der Waals surface area (Å²) in [7, 11) is 3.73. The molecule has 17 heavy (non-hydrogen) atoms. The minimum Gasteiger partial charge on any atom is -0.495 e. The van der Waals surface area contributed by atoms with Crippen molar-refractivity contribution in [2.24, 2.45) is 7.05 Å². The van der Waals surface area contributed by atoms with Gasteiger partial charge in [0.2, 0.25) is 0 Å². The molecule has 0 aliphatic rings. The first-order chi connectivity index (χ1) is 8.19. The highest BCUT2D eigenvalue weighted by molar-refractivity contribution is 5.91. The highest BCUT2D eigenvalue weighted by Crippen LogP contribution is 2.32. The molecule has 1 aromatic heterocycles. The molecule has 1 aromatic carbocycles. The fraction of sp³-hybridized carbons (Fsp3) is 0.429. The van der Waals surface area contributed by atoms with Crippen LogP contribution in [0.4, 0.5) is 0 Å². The fourth-order valence-electron chi connectivity index (χ4n) is 2.42. The predicted octanol–water partition coefficient (Wildman–Crippen LogP) is 2.42. The molecule has 0 aliphatic carbocycles. The Kier molecular flexibility index (Phi) is 3.38. The van der Waals surface area contributed by atoms with E-state index in [0.717, 1.165) is 24.1 Å². The molecule has 0 bridgehead atoms. The number of ether oxygens (including phenoxy) is 1. The van der Waals surface area contributed by atoms with E-state index in [1.807, 2.05) is 13.1 Å². The van der Waals surface area contributed by atoms with Crippen LogP contribution in [0.15, 0.2) is 18.3 Å². The molecule has 0 spiro atoms. The van der Waals surface area contributed by atoms with Crippen molar-refractivity contribution >= 4 is 10.9 Å². The van der Waals surface area contributed by atoms with E-state index in [1.54, 1.807) is 7.11 Å². The number of rotatable bonds is 4. The molecule has 0 radical (unpaired) electrons. The van der Waals surface area contributed by atoms with Crippen molar-refractivity contribution in [3.8, 4) is 5.75 Å². The molecule has 0 atom stereocenters. The molecular formula is C14H19NO2. The zero-order valence-corrected chi connectivity index (χ0v) is 10.7. The molecule has 0 aliphatic heterocycles. The first-order valence-electron chi connectivity index (χ1n) is 5.91. The van der Waals surface area contributed by atoms with E-state index in [2.05, 4.69) is 23.8 Å². The van der Waals surface area contributed by atoms with Crippen LogP contribution in [0.2, 0.25) is 0 Å². The van der Waals surface area contributed by atoms with Crippen LogP contribution in [0.25, 0.3) is 10.9 Å². The van der Waals surface area contributed by atoms with Gasteiger partial charge < -0.3 is 14.4 Å². The Bertz CT molecular complexity index is 528. The van der Waals surface area contributed by atoms with Crippen LogP contribution in [-0.2, 0) is 13.5 Å². The van der Waals surface area contributed by atoms with Gasteiger partial charge in [0.1, 0.15) is 5.75 Å². The molecule has 3 nitrogen and oxygen atoms in total. The lowest BCUT2D eigenvalue weighted by Crippen LogP contribution is -1.91. The number of aliphatic hydroxyl groups is 1. The van der Waals surface area contributed by atoms with Crippen LogP contribution in [0, 0.1) is 6.92 Å². The quantitative estimate of drug-likeness (QED) is 0.880. The molecule has 1 N–H and O–H groups in total. The molecule has 2 aromatic rings. The van der Waals surface area contributed by atoms with Gasteiger partial charge in [-0.1, -0.05) is 6.07 Å². The molecule has 2 rings (SSSR count). The summed E-state index contributed by atoms with van der Waals surface area (Å²) >= 11 is 0. The predicted molar refractivity (Wildman–Crippen MR) is 69.6 cm³/mol. The van der Waals surface area contributed by atoms with Crippen LogP contribution in [0.3, 0.4) is 0 Å². The van der Waals surface area contributed by atoms with E-state index in [1.165, 1.54) is 16.5 Å². The van der Waals surface area contributed by atoms with Gasteiger partial charge in [0.25, 0.3) is 0 Å². The Morgan fingerprint density at radius 2 is 2.12 bits per heavy atom. The van der Waals surface area contributed by atoms with Gasteiger partial charge in [0.15, 0.2) is 0 Å². The van der Waals surface area contributed by atoms with Crippen molar-refractivity contribution in [2.45, 2.75) is 19.8 Å². The summed E-state index contributed by atoms with van der Waals surface area (Å²) in [6, 6.07) is 4.09. The van der Waals surface area contributed by atoms with E-state index >= 15 is 0 Å². The second-order valence-electron chi connectivity index (χ2n) is 4.40. The molecule has 0 saturated carbocycles. The number of nitrogens with zero attached hydrogens (tertiary/aromatic N) is 1. The van der Waals surface area contributed by atoms with E-state index in [4.69, 9.17) is 9.84 Å². The summed E-state index contributed by atoms with van der Waals surface area (Å²) in [4.78, 5) is 0. The average molecular weight is 233 g/mol. The SMILES string of the molecule is COc1ccc(C)c2c(CCCO)cn(C)c12. The largest absolute Gasteiger partial charge is 0.495 e. The van der Waals surface area contributed by atoms with Crippen molar-refractivity contribution in [3.63, 3.8) is 0 Å². The van der Waals surface area contributed by atoms with Crippen molar-refractivity contribution in [3.05, 3.63) is 29.5 Å². The van der Waals surface area contributed by atoms with Crippen LogP contribution in [0.5, 0.6) is 5.75 Å². The second kappa shape index (κ2) is 4.80. The minimum atomic E-state index is 0.236. The maximum absolute atomic E-state index is 8.95. The molecule has 0 saturated heterocycles. The van der Waals surface area contributed by atoms with Gasteiger partial charge in [-0.15, -0.1) is 0 Å². The first kappa shape index (κ1) is 12.0. The van der Waals surface area contributed by atoms with E-state index in [9.17, 15) is 0 Å². The van der Waals surface area contributed by atoms with Gasteiger partial charge in [-0.3, -0.25) is 0 Å². The lowest BCUT2D eigenvalue weighted by molar-refractivity contribution is 0.288. The van der Waals surface area contributed by atoms with Crippen LogP contribution in [0.1, 0.15) is 17.5 Å². The third-order valence-electron chi connectivity index (χ3n) is 3.20. The Morgan fingerprint density at radius 3 is 2.76 bits per heavy atom. The number of aliphatic hydroxyl groups excluding tert-OH is 1. The smallest absolute Gasteiger partial charge is 0.143 e. The van der Waals surface area contributed by atoms with E-state index in [0.29, 0.717) is 0 Å². The summed E-state index contributed by atoms with van der Waals surface area (Å²) in [5.74, 6) is 0.906. The highest BCUT2D eigenvalue weighted by atomic mass is 16.5. The van der Waals surface area contributed by atoms with Gasteiger partial charge in [0.05, 0.1) is 12.6 Å². The van der Waals surface area contributed by atoms with Gasteiger partial charge >= 0.3 is 0 Å². The number of hydrogen-bond acceptors (Lipinski definition) is 2. The fourth-order valence-corrected chi connectivity index (χ4v) is 2.42. The Balaban J connectivity index is 2.63. The lowest BCUT2D eigenvalue weighted by Gasteiger charge is -2.07. The summed E-state index contributed by atoms with van der Waals surface area (Å²) in [6.07, 6.45) is 3.84. The van der Waals surface area contributed by atoms with Crippen molar-refractivity contribution in [1.29, 1.82) is 0 Å². The van der Waals surface area contributed by atoms with Gasteiger partial charge in [-0.25, -0.2) is 0 Å². The summed E-state index contributed by atoms with van der Waals surface area (Å²) in [6.45, 7) is 2.35. The monoisotopic (exact) mass is 233 g/mol. The Labute approximate surface area is 102 Å². The standard InChI is InChI=1S/C14H19NO2/c1-10-6-7-12(17-3)14-13(10)11(5-4-8-16)9-15(14)2/h6-7,9,16H,4-5,8H2,1-3H3. The molecule has 3 heteroatoms. The Hall–Kier alpha value is -1.48. The summed E-state index contributed by atoms with van der Waals surface area (Å²) in [5, 5.41) is 10.2. The number of aryl methyl sites for hydroxylation is 3. The molecule has 92 valence electrons. The molecule has 0 unspecified atom stereocenters. The van der Waals surface area contributed by atoms with Gasteiger partial charge in [-0.2, -0.15) is 0 Å². The van der Waals surface area contributed by atoms with Crippen LogP contribution >= 0.6 is 0 Å². The van der Waals surface area contributed by atoms with Gasteiger partial charge in [0, 0.05) is 25.2 Å². The number of methoxy groups -OCH3 is 1. The molecule has 0 fully saturated rings. The minimum absolute atomic E-state index is 0.236. The lowest BCUT2D eigenvalue weighted by atomic mass is 10.0. The van der Waals surface area contributed by atoms with Crippen LogP contribution in [-0.4, -0.2) is 23.4 Å². The second-order valence-corrected chi connectivity index (χ2v) is 4.40. The van der Waals surface area contributed by atoms with Gasteiger partial charge in [-0.05, 0) is 37.0 Å². The van der Waals surface area contributed by atoms with E-state index in [-0.39, 0.29) is 6.61 Å². The first-order valence-corrected chi connectivity index (χ1v) is 5.91. The number of hydrogen-bond donors (Lipinski definition) is 1.